The summed E-state index contributed by atoms with van der Waals surface area (Å²) in [4.78, 5) is 38.1. The van der Waals surface area contributed by atoms with E-state index in [1.54, 1.807) is 29.2 Å². The molecule has 1 N–H and O–H groups in total. The Morgan fingerprint density at radius 3 is 2.48 bits per heavy atom. The van der Waals surface area contributed by atoms with Crippen LogP contribution < -0.4 is 10.1 Å². The van der Waals surface area contributed by atoms with Gasteiger partial charge in [0.25, 0.3) is 11.8 Å². The summed E-state index contributed by atoms with van der Waals surface area (Å²) in [6.45, 7) is 0.723. The number of nitrogens with one attached hydrogen (secondary N) is 1. The Morgan fingerprint density at radius 2 is 1.77 bits per heavy atom. The molecule has 0 aromatic heterocycles. The molecule has 2 amide bonds. The third kappa shape index (κ3) is 6.84. The van der Waals surface area contributed by atoms with Gasteiger partial charge < -0.3 is 19.7 Å². The van der Waals surface area contributed by atoms with Gasteiger partial charge in [0, 0.05) is 18.7 Å². The van der Waals surface area contributed by atoms with Crippen molar-refractivity contribution in [3.05, 3.63) is 65.7 Å². The number of ether oxygens (including phenoxy) is 2. The second-order valence-electron chi connectivity index (χ2n) is 7.59. The van der Waals surface area contributed by atoms with Crippen molar-refractivity contribution >= 4 is 17.8 Å². The van der Waals surface area contributed by atoms with Gasteiger partial charge in [0.1, 0.15) is 12.3 Å². The van der Waals surface area contributed by atoms with Crippen LogP contribution in [0.15, 0.2) is 54.6 Å². The van der Waals surface area contributed by atoms with Crippen LogP contribution in [0.2, 0.25) is 0 Å². The number of methoxy groups -OCH3 is 1. The smallest absolute Gasteiger partial charge is 0.325 e. The van der Waals surface area contributed by atoms with Crippen molar-refractivity contribution in [1.29, 1.82) is 0 Å². The van der Waals surface area contributed by atoms with Gasteiger partial charge in [-0.3, -0.25) is 14.4 Å². The summed E-state index contributed by atoms with van der Waals surface area (Å²) in [5.41, 5.74) is 1.69. The molecule has 1 fully saturated rings. The number of benzene rings is 2. The fourth-order valence-corrected chi connectivity index (χ4v) is 3.64. The number of amides is 2. The lowest BCUT2D eigenvalue weighted by Gasteiger charge is -2.32. The summed E-state index contributed by atoms with van der Waals surface area (Å²) in [6, 6.07) is 17.0. The predicted octanol–water partition coefficient (Wildman–Crippen LogP) is 2.45. The highest BCUT2D eigenvalue weighted by molar-refractivity contribution is 5.96. The summed E-state index contributed by atoms with van der Waals surface area (Å²) in [5.74, 6) is -0.161. The van der Waals surface area contributed by atoms with E-state index in [9.17, 15) is 14.4 Å². The molecule has 1 aliphatic rings. The van der Waals surface area contributed by atoms with Gasteiger partial charge in [-0.2, -0.15) is 0 Å². The van der Waals surface area contributed by atoms with Gasteiger partial charge in [-0.15, -0.1) is 0 Å². The highest BCUT2D eigenvalue weighted by atomic mass is 16.5. The number of hydrogen-bond donors (Lipinski definition) is 1. The SMILES string of the molecule is COc1cccc(C(=O)NCC(=O)OCC(=O)N2CCC(Cc3ccccc3)CC2)c1. The largest absolute Gasteiger partial charge is 0.497 e. The maximum atomic E-state index is 12.3. The van der Waals surface area contributed by atoms with E-state index in [4.69, 9.17) is 9.47 Å². The van der Waals surface area contributed by atoms with Crippen LogP contribution in [0.1, 0.15) is 28.8 Å². The first kappa shape index (κ1) is 22.3. The second kappa shape index (κ2) is 11.2. The maximum Gasteiger partial charge on any atom is 0.325 e. The third-order valence-electron chi connectivity index (χ3n) is 5.42. The molecular formula is C24H28N2O5. The minimum atomic E-state index is -0.649. The second-order valence-corrected chi connectivity index (χ2v) is 7.59. The van der Waals surface area contributed by atoms with E-state index in [2.05, 4.69) is 17.4 Å². The number of piperidine rings is 1. The van der Waals surface area contributed by atoms with Crippen LogP contribution in [0.3, 0.4) is 0 Å². The maximum absolute atomic E-state index is 12.3. The number of nitrogens with zero attached hydrogens (tertiary/aromatic N) is 1. The van der Waals surface area contributed by atoms with Crippen molar-refractivity contribution in [2.45, 2.75) is 19.3 Å². The van der Waals surface area contributed by atoms with Crippen molar-refractivity contribution in [1.82, 2.24) is 10.2 Å². The quantitative estimate of drug-likeness (QED) is 0.658. The molecule has 0 unspecified atom stereocenters. The number of likely N-dealkylation sites (tertiary alicyclic amines) is 1. The van der Waals surface area contributed by atoms with Crippen molar-refractivity contribution < 1.29 is 23.9 Å². The number of hydrogen-bond acceptors (Lipinski definition) is 5. The molecule has 0 spiro atoms. The molecule has 0 bridgehead atoms. The lowest BCUT2D eigenvalue weighted by atomic mass is 9.90. The summed E-state index contributed by atoms with van der Waals surface area (Å²) in [6.07, 6.45) is 2.89. The molecular weight excluding hydrogens is 396 g/mol. The average Bonchev–Trinajstić information content (AvgIpc) is 2.82. The summed E-state index contributed by atoms with van der Waals surface area (Å²) in [7, 11) is 1.51. The standard InChI is InChI=1S/C24H28N2O5/c1-30-21-9-5-8-20(15-21)24(29)25-16-23(28)31-17-22(27)26-12-10-19(11-13-26)14-18-6-3-2-4-7-18/h2-9,15,19H,10-14,16-17H2,1H3,(H,25,29). The van der Waals surface area contributed by atoms with E-state index >= 15 is 0 Å². The fraction of sp³-hybridized carbons (Fsp3) is 0.375. The van der Waals surface area contributed by atoms with Gasteiger partial charge in [-0.25, -0.2) is 0 Å². The fourth-order valence-electron chi connectivity index (χ4n) is 3.64. The molecule has 0 aliphatic carbocycles. The zero-order valence-electron chi connectivity index (χ0n) is 17.7. The molecule has 0 radical (unpaired) electrons. The zero-order valence-corrected chi connectivity index (χ0v) is 17.7. The molecule has 3 rings (SSSR count). The number of carbonyl (C=O) groups excluding carboxylic acids is 3. The molecule has 7 heteroatoms. The van der Waals surface area contributed by atoms with Crippen LogP contribution in [0.25, 0.3) is 0 Å². The molecule has 0 atom stereocenters. The Kier molecular flexibility index (Phi) is 8.04. The number of rotatable bonds is 8. The van der Waals surface area contributed by atoms with Crippen LogP contribution >= 0.6 is 0 Å². The Morgan fingerprint density at radius 1 is 1.03 bits per heavy atom. The van der Waals surface area contributed by atoms with Gasteiger partial charge in [0.2, 0.25) is 0 Å². The molecule has 7 nitrogen and oxygen atoms in total. The normalized spacial score (nSPS) is 14.0. The van der Waals surface area contributed by atoms with Crippen LogP contribution in [0.5, 0.6) is 5.75 Å². The van der Waals surface area contributed by atoms with Crippen molar-refractivity contribution in [3.8, 4) is 5.75 Å². The number of esters is 1. The van der Waals surface area contributed by atoms with Crippen molar-refractivity contribution in [3.63, 3.8) is 0 Å². The van der Waals surface area contributed by atoms with Crippen LogP contribution in [0.4, 0.5) is 0 Å². The first-order chi connectivity index (χ1) is 15.0. The van der Waals surface area contributed by atoms with E-state index in [1.807, 2.05) is 18.2 Å². The highest BCUT2D eigenvalue weighted by Crippen LogP contribution is 2.21. The zero-order chi connectivity index (χ0) is 22.1. The average molecular weight is 424 g/mol. The molecule has 1 heterocycles. The Bertz CT molecular complexity index is 892. The summed E-state index contributed by atoms with van der Waals surface area (Å²) >= 11 is 0. The van der Waals surface area contributed by atoms with E-state index in [-0.39, 0.29) is 19.1 Å². The lowest BCUT2D eigenvalue weighted by molar-refractivity contribution is -0.151. The van der Waals surface area contributed by atoms with Crippen molar-refractivity contribution in [2.75, 3.05) is 33.4 Å². The Balaban J connectivity index is 1.34. The summed E-state index contributed by atoms with van der Waals surface area (Å²) in [5, 5.41) is 2.49. The Labute approximate surface area is 182 Å². The molecule has 31 heavy (non-hydrogen) atoms. The van der Waals surface area contributed by atoms with E-state index in [0.29, 0.717) is 30.3 Å². The van der Waals surface area contributed by atoms with Crippen LogP contribution in [-0.2, 0) is 20.7 Å². The van der Waals surface area contributed by atoms with E-state index in [0.717, 1.165) is 19.3 Å². The molecule has 2 aromatic carbocycles. The number of carbonyl (C=O) groups is 3. The van der Waals surface area contributed by atoms with Gasteiger partial charge in [0.05, 0.1) is 7.11 Å². The Hall–Kier alpha value is -3.35. The molecule has 1 saturated heterocycles. The summed E-state index contributed by atoms with van der Waals surface area (Å²) < 4.78 is 10.1. The van der Waals surface area contributed by atoms with Crippen molar-refractivity contribution in [2.24, 2.45) is 5.92 Å². The molecule has 2 aromatic rings. The predicted molar refractivity (Wildman–Crippen MR) is 116 cm³/mol. The van der Waals surface area contributed by atoms with Crippen LogP contribution in [-0.4, -0.2) is 56.0 Å². The topological polar surface area (TPSA) is 84.9 Å². The third-order valence-corrected chi connectivity index (χ3v) is 5.42. The molecule has 0 saturated carbocycles. The van der Waals surface area contributed by atoms with E-state index < -0.39 is 11.9 Å². The first-order valence-corrected chi connectivity index (χ1v) is 10.4. The minimum Gasteiger partial charge on any atom is -0.497 e. The van der Waals surface area contributed by atoms with Gasteiger partial charge in [-0.1, -0.05) is 36.4 Å². The van der Waals surface area contributed by atoms with Gasteiger partial charge in [0.15, 0.2) is 6.61 Å². The highest BCUT2D eigenvalue weighted by Gasteiger charge is 2.23. The lowest BCUT2D eigenvalue weighted by Crippen LogP contribution is -2.41. The van der Waals surface area contributed by atoms with Gasteiger partial charge >= 0.3 is 5.97 Å². The van der Waals surface area contributed by atoms with E-state index in [1.165, 1.54) is 12.7 Å². The molecule has 1 aliphatic heterocycles. The van der Waals surface area contributed by atoms with Gasteiger partial charge in [-0.05, 0) is 48.9 Å². The molecule has 164 valence electrons. The minimum absolute atomic E-state index is 0.203. The monoisotopic (exact) mass is 424 g/mol. The van der Waals surface area contributed by atoms with Crippen LogP contribution in [0, 0.1) is 5.92 Å². The first-order valence-electron chi connectivity index (χ1n) is 10.4.